The maximum absolute atomic E-state index is 12.9. The predicted octanol–water partition coefficient (Wildman–Crippen LogP) is 1.88. The van der Waals surface area contributed by atoms with Crippen LogP contribution in [0.15, 0.2) is 11.4 Å². The smallest absolute Gasteiger partial charge is 0.239 e. The van der Waals surface area contributed by atoms with Crippen LogP contribution in [0.1, 0.15) is 44.1 Å². The van der Waals surface area contributed by atoms with Crippen molar-refractivity contribution in [2.75, 3.05) is 11.2 Å². The van der Waals surface area contributed by atoms with E-state index in [4.69, 9.17) is 0 Å². The Hall–Kier alpha value is -1.14. The maximum Gasteiger partial charge on any atom is 0.239 e. The van der Waals surface area contributed by atoms with Crippen LogP contribution >= 0.6 is 11.8 Å². The number of aliphatic hydroxyl groups is 1. The van der Waals surface area contributed by atoms with Crippen molar-refractivity contribution in [2.45, 2.75) is 61.2 Å². The fourth-order valence-electron chi connectivity index (χ4n) is 3.74. The Bertz CT molecular complexity index is 603. The molecular weight excluding hydrogens is 286 g/mol. The van der Waals surface area contributed by atoms with Crippen LogP contribution in [0, 0.1) is 0 Å². The Morgan fingerprint density at radius 2 is 2.24 bits per heavy atom. The van der Waals surface area contributed by atoms with E-state index in [0.29, 0.717) is 11.6 Å². The standard InChI is InChI=1S/C15H19N3O2S/c1-21-14-16-8-11-12(17-14)18(13(20)15(11)5-6-15)9-3-2-4-10(19)7-9/h8-10,19H,2-7H2,1H3/t9-,10-/m1/s1. The van der Waals surface area contributed by atoms with Crippen LogP contribution in [0.25, 0.3) is 0 Å². The van der Waals surface area contributed by atoms with Crippen molar-refractivity contribution in [3.8, 4) is 0 Å². The van der Waals surface area contributed by atoms with E-state index in [0.717, 1.165) is 43.5 Å². The van der Waals surface area contributed by atoms with Crippen LogP contribution in [0.2, 0.25) is 0 Å². The Morgan fingerprint density at radius 1 is 1.43 bits per heavy atom. The summed E-state index contributed by atoms with van der Waals surface area (Å²) in [6, 6.07) is 0.0876. The fraction of sp³-hybridized carbons (Fsp3) is 0.667. The molecular formula is C15H19N3O2S. The van der Waals surface area contributed by atoms with Gasteiger partial charge < -0.3 is 5.11 Å². The minimum atomic E-state index is -0.339. The van der Waals surface area contributed by atoms with Crippen LogP contribution in [-0.2, 0) is 10.2 Å². The van der Waals surface area contributed by atoms with Gasteiger partial charge in [0, 0.05) is 17.8 Å². The number of thioether (sulfide) groups is 1. The number of nitrogens with zero attached hydrogens (tertiary/aromatic N) is 3. The molecule has 2 fully saturated rings. The lowest BCUT2D eigenvalue weighted by molar-refractivity contribution is -0.121. The summed E-state index contributed by atoms with van der Waals surface area (Å²) in [5.74, 6) is 0.986. The molecule has 1 amide bonds. The summed E-state index contributed by atoms with van der Waals surface area (Å²) >= 11 is 1.50. The highest BCUT2D eigenvalue weighted by molar-refractivity contribution is 7.98. The van der Waals surface area contributed by atoms with Crippen molar-refractivity contribution < 1.29 is 9.90 Å². The molecule has 1 N–H and O–H groups in total. The summed E-state index contributed by atoms with van der Waals surface area (Å²) in [6.45, 7) is 0. The molecule has 2 aliphatic carbocycles. The highest BCUT2D eigenvalue weighted by Crippen LogP contribution is 2.57. The van der Waals surface area contributed by atoms with E-state index in [1.54, 1.807) is 0 Å². The third kappa shape index (κ3) is 1.92. The zero-order chi connectivity index (χ0) is 14.6. The molecule has 0 aromatic carbocycles. The zero-order valence-electron chi connectivity index (χ0n) is 12.1. The molecule has 21 heavy (non-hydrogen) atoms. The van der Waals surface area contributed by atoms with Gasteiger partial charge in [0.2, 0.25) is 5.91 Å². The number of fused-ring (bicyclic) bond motifs is 2. The molecule has 1 aromatic rings. The first-order valence-corrected chi connectivity index (χ1v) is 8.81. The van der Waals surface area contributed by atoms with Crippen molar-refractivity contribution in [1.82, 2.24) is 9.97 Å². The lowest BCUT2D eigenvalue weighted by Crippen LogP contribution is -2.44. The molecule has 3 aliphatic rings. The molecule has 0 radical (unpaired) electrons. The van der Waals surface area contributed by atoms with Gasteiger partial charge in [0.1, 0.15) is 5.82 Å². The largest absolute Gasteiger partial charge is 0.393 e. The van der Waals surface area contributed by atoms with Crippen molar-refractivity contribution in [3.05, 3.63) is 11.8 Å². The number of anilines is 1. The number of rotatable bonds is 2. The van der Waals surface area contributed by atoms with E-state index in [1.807, 2.05) is 17.4 Å². The number of carbonyl (C=O) groups is 1. The number of hydrogen-bond acceptors (Lipinski definition) is 5. The zero-order valence-corrected chi connectivity index (χ0v) is 12.9. The van der Waals surface area contributed by atoms with Crippen LogP contribution in [0.5, 0.6) is 0 Å². The van der Waals surface area contributed by atoms with Crippen molar-refractivity contribution in [1.29, 1.82) is 0 Å². The van der Waals surface area contributed by atoms with Gasteiger partial charge in [0.05, 0.1) is 11.5 Å². The molecule has 5 nitrogen and oxygen atoms in total. The van der Waals surface area contributed by atoms with Crippen molar-refractivity contribution in [3.63, 3.8) is 0 Å². The number of amides is 1. The Balaban J connectivity index is 1.76. The number of aliphatic hydroxyl groups excluding tert-OH is 1. The molecule has 2 heterocycles. The molecule has 1 spiro atoms. The molecule has 112 valence electrons. The molecule has 4 rings (SSSR count). The van der Waals surface area contributed by atoms with Gasteiger partial charge in [-0.1, -0.05) is 11.8 Å². The number of hydrogen-bond donors (Lipinski definition) is 1. The van der Waals surface area contributed by atoms with E-state index in [9.17, 15) is 9.90 Å². The Labute approximate surface area is 128 Å². The van der Waals surface area contributed by atoms with Crippen LogP contribution < -0.4 is 4.90 Å². The monoisotopic (exact) mass is 305 g/mol. The molecule has 2 atom stereocenters. The fourth-order valence-corrected chi connectivity index (χ4v) is 4.07. The first kappa shape index (κ1) is 13.5. The average molecular weight is 305 g/mol. The van der Waals surface area contributed by atoms with E-state index in [1.165, 1.54) is 11.8 Å². The van der Waals surface area contributed by atoms with Gasteiger partial charge >= 0.3 is 0 Å². The minimum absolute atomic E-state index is 0.0876. The quantitative estimate of drug-likeness (QED) is 0.667. The van der Waals surface area contributed by atoms with Gasteiger partial charge in [0.15, 0.2) is 5.16 Å². The first-order chi connectivity index (χ1) is 10.2. The van der Waals surface area contributed by atoms with E-state index in [2.05, 4.69) is 9.97 Å². The van der Waals surface area contributed by atoms with Gasteiger partial charge in [-0.05, 0) is 44.8 Å². The molecule has 1 aliphatic heterocycles. The summed E-state index contributed by atoms with van der Waals surface area (Å²) < 4.78 is 0. The second-order valence-corrected chi connectivity index (χ2v) is 7.10. The van der Waals surface area contributed by atoms with E-state index >= 15 is 0 Å². The normalized spacial score (nSPS) is 29.8. The first-order valence-electron chi connectivity index (χ1n) is 7.59. The number of carbonyl (C=O) groups excluding carboxylic acids is 1. The molecule has 0 unspecified atom stereocenters. The molecule has 2 saturated carbocycles. The van der Waals surface area contributed by atoms with E-state index < -0.39 is 0 Å². The lowest BCUT2D eigenvalue weighted by Gasteiger charge is -2.33. The highest BCUT2D eigenvalue weighted by atomic mass is 32.2. The maximum atomic E-state index is 12.9. The van der Waals surface area contributed by atoms with Crippen molar-refractivity contribution in [2.24, 2.45) is 0 Å². The minimum Gasteiger partial charge on any atom is -0.393 e. The summed E-state index contributed by atoms with van der Waals surface area (Å²) in [6.07, 6.45) is 8.75. The third-order valence-corrected chi connectivity index (χ3v) is 5.60. The van der Waals surface area contributed by atoms with Gasteiger partial charge in [-0.15, -0.1) is 0 Å². The predicted molar refractivity (Wildman–Crippen MR) is 80.5 cm³/mol. The molecule has 1 aromatic heterocycles. The van der Waals surface area contributed by atoms with Crippen LogP contribution in [0.4, 0.5) is 5.82 Å². The van der Waals surface area contributed by atoms with Gasteiger partial charge in [-0.3, -0.25) is 9.69 Å². The van der Waals surface area contributed by atoms with E-state index in [-0.39, 0.29) is 23.5 Å². The Kier molecular flexibility index (Phi) is 3.01. The summed E-state index contributed by atoms with van der Waals surface area (Å²) in [5, 5.41) is 10.7. The summed E-state index contributed by atoms with van der Waals surface area (Å²) in [4.78, 5) is 23.8. The second kappa shape index (κ2) is 4.68. The topological polar surface area (TPSA) is 66.3 Å². The summed E-state index contributed by atoms with van der Waals surface area (Å²) in [5.41, 5.74) is 0.666. The molecule has 0 saturated heterocycles. The van der Waals surface area contributed by atoms with Crippen molar-refractivity contribution >= 4 is 23.5 Å². The SMILES string of the molecule is CSc1ncc2c(n1)N([C@@H]1CCC[C@@H](O)C1)C(=O)C21CC1. The van der Waals surface area contributed by atoms with Crippen LogP contribution in [0.3, 0.4) is 0 Å². The third-order valence-electron chi connectivity index (χ3n) is 5.04. The van der Waals surface area contributed by atoms with Gasteiger partial charge in [-0.25, -0.2) is 9.97 Å². The van der Waals surface area contributed by atoms with Crippen LogP contribution in [-0.4, -0.2) is 39.4 Å². The average Bonchev–Trinajstić information content (AvgIpc) is 3.24. The molecule has 6 heteroatoms. The Morgan fingerprint density at radius 3 is 2.90 bits per heavy atom. The molecule has 0 bridgehead atoms. The van der Waals surface area contributed by atoms with Gasteiger partial charge in [0.25, 0.3) is 0 Å². The number of aromatic nitrogens is 2. The summed E-state index contributed by atoms with van der Waals surface area (Å²) in [7, 11) is 0. The lowest BCUT2D eigenvalue weighted by atomic mass is 9.92. The second-order valence-electron chi connectivity index (χ2n) is 6.33. The van der Waals surface area contributed by atoms with Gasteiger partial charge in [-0.2, -0.15) is 0 Å². The highest BCUT2D eigenvalue weighted by Gasteiger charge is 2.61.